The molecule has 0 radical (unpaired) electrons. The summed E-state index contributed by atoms with van der Waals surface area (Å²) in [7, 11) is 0. The third-order valence-corrected chi connectivity index (χ3v) is 6.84. The van der Waals surface area contributed by atoms with Crippen LogP contribution in [0.4, 0.5) is 16.2 Å². The first-order chi connectivity index (χ1) is 16.0. The number of amides is 1. The fraction of sp³-hybridized carbons (Fsp3) is 0.583. The summed E-state index contributed by atoms with van der Waals surface area (Å²) in [4.78, 5) is 26.8. The van der Waals surface area contributed by atoms with Crippen LogP contribution < -0.4 is 4.90 Å². The number of carbonyl (C=O) groups excluding carboxylic acids is 1. The summed E-state index contributed by atoms with van der Waals surface area (Å²) in [5, 5.41) is 15.5. The highest BCUT2D eigenvalue weighted by Gasteiger charge is 2.27. The van der Waals surface area contributed by atoms with Gasteiger partial charge in [-0.25, -0.2) is 4.79 Å². The number of piperidine rings is 2. The molecule has 33 heavy (non-hydrogen) atoms. The number of hydrogen-bond donors (Lipinski definition) is 0. The molecule has 2 aliphatic rings. The van der Waals surface area contributed by atoms with Gasteiger partial charge in [-0.3, -0.25) is 14.8 Å². The van der Waals surface area contributed by atoms with Crippen molar-refractivity contribution in [2.24, 2.45) is 0 Å². The highest BCUT2D eigenvalue weighted by atomic mass is 16.6. The molecule has 0 atom stereocenters. The zero-order chi connectivity index (χ0) is 23.2. The van der Waals surface area contributed by atoms with E-state index in [0.717, 1.165) is 57.3 Å². The molecule has 2 aliphatic heterocycles. The van der Waals surface area contributed by atoms with Crippen LogP contribution in [0.2, 0.25) is 0 Å². The molecule has 2 saturated heterocycles. The minimum absolute atomic E-state index is 0.141. The summed E-state index contributed by atoms with van der Waals surface area (Å²) in [5.74, 6) is 0.429. The van der Waals surface area contributed by atoms with Gasteiger partial charge in [0.05, 0.1) is 29.5 Å². The Hall–Kier alpha value is -3.10. The maximum atomic E-state index is 12.1. The number of non-ortho nitro benzene ring substituents is 1. The Labute approximate surface area is 194 Å². The summed E-state index contributed by atoms with van der Waals surface area (Å²) in [6, 6.07) is 7.28. The van der Waals surface area contributed by atoms with E-state index in [1.165, 1.54) is 5.56 Å². The van der Waals surface area contributed by atoms with Crippen LogP contribution in [0.3, 0.4) is 0 Å². The van der Waals surface area contributed by atoms with E-state index >= 15 is 0 Å². The van der Waals surface area contributed by atoms with E-state index in [0.29, 0.717) is 31.7 Å². The number of rotatable bonds is 7. The molecule has 3 heterocycles. The van der Waals surface area contributed by atoms with Gasteiger partial charge in [-0.1, -0.05) is 25.5 Å². The van der Waals surface area contributed by atoms with E-state index in [-0.39, 0.29) is 16.7 Å². The number of likely N-dealkylation sites (tertiary alicyclic amines) is 1. The van der Waals surface area contributed by atoms with Crippen molar-refractivity contribution in [1.82, 2.24) is 14.7 Å². The maximum Gasteiger partial charge on any atom is 0.409 e. The molecular weight excluding hydrogens is 422 g/mol. The second-order valence-corrected chi connectivity index (χ2v) is 8.97. The fourth-order valence-corrected chi connectivity index (χ4v) is 4.74. The molecule has 0 N–H and O–H groups in total. The number of hydrogen-bond acceptors (Lipinski definition) is 6. The van der Waals surface area contributed by atoms with Gasteiger partial charge in [0.1, 0.15) is 0 Å². The molecule has 1 aromatic heterocycles. The first-order valence-electron chi connectivity index (χ1n) is 12.0. The lowest BCUT2D eigenvalue weighted by Gasteiger charge is -2.33. The lowest BCUT2D eigenvalue weighted by atomic mass is 9.89. The van der Waals surface area contributed by atoms with Crippen LogP contribution in [0, 0.1) is 10.1 Å². The number of nitro benzene ring substituents is 1. The van der Waals surface area contributed by atoms with Gasteiger partial charge in [0.15, 0.2) is 0 Å². The Balaban J connectivity index is 1.26. The minimum Gasteiger partial charge on any atom is -0.449 e. The third-order valence-electron chi connectivity index (χ3n) is 6.84. The molecule has 0 spiro atoms. The molecule has 0 aliphatic carbocycles. The van der Waals surface area contributed by atoms with Gasteiger partial charge in [-0.05, 0) is 43.6 Å². The van der Waals surface area contributed by atoms with E-state index in [9.17, 15) is 14.9 Å². The number of unbranched alkanes of at least 4 members (excludes halogenated alkanes) is 1. The zero-order valence-corrected chi connectivity index (χ0v) is 19.3. The second-order valence-electron chi connectivity index (χ2n) is 8.97. The summed E-state index contributed by atoms with van der Waals surface area (Å²) in [6.07, 6.45) is 9.60. The molecule has 0 unspecified atom stereocenters. The SMILES string of the molecule is CCCCOC(=O)N1CCC(n2cc(N3CCC(c4ccc([N+](=O)[O-])cc4)CC3)cn2)CC1. The van der Waals surface area contributed by atoms with Crippen LogP contribution in [0.15, 0.2) is 36.7 Å². The van der Waals surface area contributed by atoms with E-state index in [2.05, 4.69) is 27.8 Å². The highest BCUT2D eigenvalue weighted by Crippen LogP contribution is 2.32. The highest BCUT2D eigenvalue weighted by molar-refractivity contribution is 5.67. The number of nitro groups is 1. The Bertz CT molecular complexity index is 929. The molecule has 4 rings (SSSR count). The van der Waals surface area contributed by atoms with Gasteiger partial charge in [0, 0.05) is 44.5 Å². The average molecular weight is 456 g/mol. The molecule has 0 bridgehead atoms. The van der Waals surface area contributed by atoms with Crippen molar-refractivity contribution in [3.63, 3.8) is 0 Å². The van der Waals surface area contributed by atoms with Crippen molar-refractivity contribution in [1.29, 1.82) is 0 Å². The van der Waals surface area contributed by atoms with Crippen LogP contribution in [0.25, 0.3) is 0 Å². The summed E-state index contributed by atoms with van der Waals surface area (Å²) in [5.41, 5.74) is 2.46. The quantitative estimate of drug-likeness (QED) is 0.340. The standard InChI is InChI=1S/C24H33N5O4/c1-2-3-16-33-24(30)27-14-10-21(11-15-27)28-18-23(17-25-28)26-12-8-20(9-13-26)19-4-6-22(7-5-19)29(31)32/h4-7,17-18,20-21H,2-3,8-16H2,1H3. The monoisotopic (exact) mass is 455 g/mol. The van der Waals surface area contributed by atoms with Crippen LogP contribution in [-0.2, 0) is 4.74 Å². The maximum absolute atomic E-state index is 12.1. The lowest BCUT2D eigenvalue weighted by Crippen LogP contribution is -2.39. The van der Waals surface area contributed by atoms with Gasteiger partial charge < -0.3 is 14.5 Å². The predicted octanol–water partition coefficient (Wildman–Crippen LogP) is 4.75. The molecule has 9 nitrogen and oxygen atoms in total. The Morgan fingerprint density at radius 3 is 2.45 bits per heavy atom. The Morgan fingerprint density at radius 2 is 1.82 bits per heavy atom. The first kappa shape index (κ1) is 23.1. The Morgan fingerprint density at radius 1 is 1.12 bits per heavy atom. The van der Waals surface area contributed by atoms with Crippen molar-refractivity contribution in [3.8, 4) is 0 Å². The summed E-state index contributed by atoms with van der Waals surface area (Å²) in [6.45, 7) is 5.86. The van der Waals surface area contributed by atoms with E-state index in [1.807, 2.05) is 18.3 Å². The number of nitrogens with zero attached hydrogens (tertiary/aromatic N) is 5. The summed E-state index contributed by atoms with van der Waals surface area (Å²) < 4.78 is 7.38. The zero-order valence-electron chi connectivity index (χ0n) is 19.3. The van der Waals surface area contributed by atoms with Crippen molar-refractivity contribution < 1.29 is 14.5 Å². The van der Waals surface area contributed by atoms with Crippen LogP contribution in [0.1, 0.15) is 63.0 Å². The number of benzene rings is 1. The van der Waals surface area contributed by atoms with Crippen LogP contribution in [-0.4, -0.2) is 58.5 Å². The van der Waals surface area contributed by atoms with Crippen molar-refractivity contribution >= 4 is 17.5 Å². The fourth-order valence-electron chi connectivity index (χ4n) is 4.74. The second kappa shape index (κ2) is 10.7. The van der Waals surface area contributed by atoms with Gasteiger partial charge in [-0.15, -0.1) is 0 Å². The van der Waals surface area contributed by atoms with Crippen LogP contribution >= 0.6 is 0 Å². The van der Waals surface area contributed by atoms with Gasteiger partial charge >= 0.3 is 6.09 Å². The normalized spacial score (nSPS) is 17.8. The van der Waals surface area contributed by atoms with Gasteiger partial charge in [-0.2, -0.15) is 5.10 Å². The number of aromatic nitrogens is 2. The molecule has 9 heteroatoms. The molecule has 1 aromatic carbocycles. The van der Waals surface area contributed by atoms with E-state index in [4.69, 9.17) is 4.74 Å². The first-order valence-corrected chi connectivity index (χ1v) is 12.0. The van der Waals surface area contributed by atoms with Gasteiger partial charge in [0.2, 0.25) is 0 Å². The lowest BCUT2D eigenvalue weighted by molar-refractivity contribution is -0.384. The van der Waals surface area contributed by atoms with E-state index in [1.54, 1.807) is 17.0 Å². The van der Waals surface area contributed by atoms with Crippen molar-refractivity contribution in [2.45, 2.75) is 57.4 Å². The number of carbonyl (C=O) groups is 1. The van der Waals surface area contributed by atoms with Crippen molar-refractivity contribution in [3.05, 3.63) is 52.3 Å². The average Bonchev–Trinajstić information content (AvgIpc) is 3.35. The number of ether oxygens (including phenoxy) is 1. The molecular formula is C24H33N5O4. The van der Waals surface area contributed by atoms with Crippen LogP contribution in [0.5, 0.6) is 0 Å². The molecule has 2 aromatic rings. The third kappa shape index (κ3) is 5.64. The Kier molecular flexibility index (Phi) is 7.47. The van der Waals surface area contributed by atoms with Gasteiger partial charge in [0.25, 0.3) is 5.69 Å². The topological polar surface area (TPSA) is 93.7 Å². The molecule has 2 fully saturated rings. The number of anilines is 1. The van der Waals surface area contributed by atoms with Crippen molar-refractivity contribution in [2.75, 3.05) is 37.7 Å². The predicted molar refractivity (Wildman–Crippen MR) is 126 cm³/mol. The largest absolute Gasteiger partial charge is 0.449 e. The van der Waals surface area contributed by atoms with E-state index < -0.39 is 0 Å². The molecule has 1 amide bonds. The smallest absolute Gasteiger partial charge is 0.409 e. The minimum atomic E-state index is -0.354. The molecule has 0 saturated carbocycles. The molecule has 178 valence electrons. The summed E-state index contributed by atoms with van der Waals surface area (Å²) >= 11 is 0.